The van der Waals surface area contributed by atoms with Crippen LogP contribution in [0.1, 0.15) is 82.1 Å². The Morgan fingerprint density at radius 2 is 0.852 bits per heavy atom. The highest BCUT2D eigenvalue weighted by molar-refractivity contribution is 7.99. The van der Waals surface area contributed by atoms with Crippen LogP contribution in [0.3, 0.4) is 0 Å². The van der Waals surface area contributed by atoms with Crippen molar-refractivity contribution in [1.29, 1.82) is 0 Å². The first kappa shape index (κ1) is 43.8. The standard InChI is InChI=1S/C48H66N2O2S2/c1-35(17-13-19-37(3)21-23-41-39(5)45(51)43(33-47(41,7)8)49-25-29-53-30-26-49)15-11-12-16-36(2)18-14-20-38(4)22-24-42-40(6)46(52)44(34-48(42,9)10)50-27-31-54-32-28-50/h11-24,43-44H,25-34H2,1-10H3. The maximum absolute atomic E-state index is 13.4. The predicted octanol–water partition coefficient (Wildman–Crippen LogP) is 11.0. The zero-order valence-corrected chi connectivity index (χ0v) is 36.5. The summed E-state index contributed by atoms with van der Waals surface area (Å²) in [5.41, 5.74) is 8.74. The number of rotatable bonds is 12. The molecule has 6 heteroatoms. The van der Waals surface area contributed by atoms with Crippen molar-refractivity contribution in [3.05, 3.63) is 130 Å². The van der Waals surface area contributed by atoms with Gasteiger partial charge in [-0.3, -0.25) is 19.4 Å². The van der Waals surface area contributed by atoms with Crippen molar-refractivity contribution in [3.8, 4) is 0 Å². The molecule has 0 amide bonds. The van der Waals surface area contributed by atoms with Gasteiger partial charge in [-0.1, -0.05) is 135 Å². The smallest absolute Gasteiger partial charge is 0.175 e. The van der Waals surface area contributed by atoms with Crippen LogP contribution in [0.25, 0.3) is 0 Å². The van der Waals surface area contributed by atoms with E-state index in [-0.39, 0.29) is 22.9 Å². The van der Waals surface area contributed by atoms with Gasteiger partial charge in [-0.15, -0.1) is 0 Å². The van der Waals surface area contributed by atoms with Gasteiger partial charge in [0.15, 0.2) is 11.6 Å². The molecule has 0 aromatic rings. The number of Topliss-reactive ketones (excluding diaryl/α,β-unsaturated/α-hetero) is 2. The molecule has 0 saturated carbocycles. The van der Waals surface area contributed by atoms with E-state index in [0.29, 0.717) is 11.6 Å². The van der Waals surface area contributed by atoms with E-state index in [0.717, 1.165) is 84.3 Å². The van der Waals surface area contributed by atoms with E-state index in [1.165, 1.54) is 22.3 Å². The van der Waals surface area contributed by atoms with E-state index < -0.39 is 0 Å². The van der Waals surface area contributed by atoms with Crippen molar-refractivity contribution < 1.29 is 9.59 Å². The highest BCUT2D eigenvalue weighted by atomic mass is 32.2. The molecule has 54 heavy (non-hydrogen) atoms. The molecule has 0 N–H and O–H groups in total. The molecule has 0 spiro atoms. The van der Waals surface area contributed by atoms with Gasteiger partial charge >= 0.3 is 0 Å². The zero-order valence-electron chi connectivity index (χ0n) is 34.8. The van der Waals surface area contributed by atoms with Crippen LogP contribution < -0.4 is 0 Å². The topological polar surface area (TPSA) is 40.6 Å². The number of ketones is 2. The normalized spacial score (nSPS) is 26.3. The SMILES string of the molecule is CC(C=CC=C(C)C=CC1=C(C)C(=O)C(N2CCSCC2)CC1(C)C)=CC=CC=C(C)C=CC=C(C)C=CC1=C(C)C(=O)C(N2CCSCC2)CC1(C)C. The minimum atomic E-state index is -0.0368. The van der Waals surface area contributed by atoms with Crippen LogP contribution in [0, 0.1) is 10.8 Å². The molecule has 2 unspecified atom stereocenters. The highest BCUT2D eigenvalue weighted by Crippen LogP contribution is 2.43. The van der Waals surface area contributed by atoms with Crippen LogP contribution in [0.2, 0.25) is 0 Å². The van der Waals surface area contributed by atoms with Crippen molar-refractivity contribution in [2.75, 3.05) is 49.2 Å². The summed E-state index contributed by atoms with van der Waals surface area (Å²) in [6.07, 6.45) is 31.4. The fourth-order valence-electron chi connectivity index (χ4n) is 7.99. The van der Waals surface area contributed by atoms with Gasteiger partial charge < -0.3 is 0 Å². The Kier molecular flexibility index (Phi) is 16.5. The van der Waals surface area contributed by atoms with Crippen molar-refractivity contribution in [2.24, 2.45) is 10.8 Å². The van der Waals surface area contributed by atoms with Gasteiger partial charge in [-0.2, -0.15) is 23.5 Å². The lowest BCUT2D eigenvalue weighted by molar-refractivity contribution is -0.123. The van der Waals surface area contributed by atoms with E-state index in [9.17, 15) is 9.59 Å². The molecule has 4 aliphatic rings. The first-order valence-electron chi connectivity index (χ1n) is 19.8. The largest absolute Gasteiger partial charge is 0.293 e. The van der Waals surface area contributed by atoms with Crippen LogP contribution in [-0.2, 0) is 9.59 Å². The molecule has 4 rings (SSSR count). The minimum Gasteiger partial charge on any atom is -0.293 e. The summed E-state index contributed by atoms with van der Waals surface area (Å²) in [6, 6.07) is 0.0394. The summed E-state index contributed by atoms with van der Waals surface area (Å²) >= 11 is 3.98. The van der Waals surface area contributed by atoms with Gasteiger partial charge in [0, 0.05) is 49.2 Å². The molecule has 292 valence electrons. The number of hydrogen-bond donors (Lipinski definition) is 0. The molecule has 2 atom stereocenters. The Labute approximate surface area is 336 Å². The molecule has 2 aliphatic heterocycles. The minimum absolute atomic E-state index is 0.0197. The second-order valence-electron chi connectivity index (χ2n) is 16.7. The molecule has 4 nitrogen and oxygen atoms in total. The zero-order chi connectivity index (χ0) is 39.5. The molecule has 2 heterocycles. The van der Waals surface area contributed by atoms with Gasteiger partial charge in [0.2, 0.25) is 0 Å². The Morgan fingerprint density at radius 3 is 1.20 bits per heavy atom. The van der Waals surface area contributed by atoms with Crippen molar-refractivity contribution in [3.63, 3.8) is 0 Å². The number of carbonyl (C=O) groups excluding carboxylic acids is 2. The molecule has 2 saturated heterocycles. The van der Waals surface area contributed by atoms with Crippen LogP contribution >= 0.6 is 23.5 Å². The second-order valence-corrected chi connectivity index (χ2v) is 19.2. The molecular formula is C48H66N2O2S2. The third kappa shape index (κ3) is 12.3. The highest BCUT2D eigenvalue weighted by Gasteiger charge is 2.42. The summed E-state index contributed by atoms with van der Waals surface area (Å²) < 4.78 is 0. The third-order valence-corrected chi connectivity index (χ3v) is 13.2. The van der Waals surface area contributed by atoms with Gasteiger partial charge in [-0.05, 0) is 87.5 Å². The van der Waals surface area contributed by atoms with E-state index in [2.05, 4.69) is 150 Å². The average Bonchev–Trinajstić information content (AvgIpc) is 3.13. The van der Waals surface area contributed by atoms with Gasteiger partial charge in [0.05, 0.1) is 12.1 Å². The number of carbonyl (C=O) groups is 2. The molecule has 0 radical (unpaired) electrons. The Hall–Kier alpha value is -2.90. The van der Waals surface area contributed by atoms with Crippen molar-refractivity contribution in [1.82, 2.24) is 9.80 Å². The van der Waals surface area contributed by atoms with Crippen LogP contribution in [0.15, 0.2) is 130 Å². The monoisotopic (exact) mass is 766 g/mol. The van der Waals surface area contributed by atoms with E-state index in [1.807, 2.05) is 37.4 Å². The molecule has 0 aromatic heterocycles. The summed E-state index contributed by atoms with van der Waals surface area (Å²) in [5, 5.41) is 0. The van der Waals surface area contributed by atoms with E-state index in [1.54, 1.807) is 0 Å². The lowest BCUT2D eigenvalue weighted by atomic mass is 9.69. The van der Waals surface area contributed by atoms with Crippen molar-refractivity contribution in [2.45, 2.75) is 94.2 Å². The van der Waals surface area contributed by atoms with Crippen LogP contribution in [0.4, 0.5) is 0 Å². The Morgan fingerprint density at radius 1 is 0.537 bits per heavy atom. The predicted molar refractivity (Wildman–Crippen MR) is 238 cm³/mol. The molecule has 0 bridgehead atoms. The first-order chi connectivity index (χ1) is 25.6. The second kappa shape index (κ2) is 20.3. The fraction of sp³-hybridized carbons (Fsp3) is 0.500. The summed E-state index contributed by atoms with van der Waals surface area (Å²) in [5.74, 6) is 5.10. The van der Waals surface area contributed by atoms with Crippen LogP contribution in [0.5, 0.6) is 0 Å². The number of allylic oxidation sites excluding steroid dienone is 20. The van der Waals surface area contributed by atoms with Gasteiger partial charge in [0.25, 0.3) is 0 Å². The molecule has 2 fully saturated rings. The Bertz CT molecular complexity index is 1600. The van der Waals surface area contributed by atoms with Gasteiger partial charge in [0.1, 0.15) is 0 Å². The van der Waals surface area contributed by atoms with Crippen LogP contribution in [-0.4, -0.2) is 82.6 Å². The fourth-order valence-corrected chi connectivity index (χ4v) is 9.85. The third-order valence-electron chi connectivity index (χ3n) is 11.3. The maximum atomic E-state index is 13.4. The quantitative estimate of drug-likeness (QED) is 0.184. The summed E-state index contributed by atoms with van der Waals surface area (Å²) in [6.45, 7) is 25.7. The lowest BCUT2D eigenvalue weighted by Crippen LogP contribution is -2.50. The molecular weight excluding hydrogens is 701 g/mol. The first-order valence-corrected chi connectivity index (χ1v) is 22.1. The number of hydrogen-bond acceptors (Lipinski definition) is 6. The van der Waals surface area contributed by atoms with Gasteiger partial charge in [-0.25, -0.2) is 0 Å². The molecule has 0 aromatic carbocycles. The lowest BCUT2D eigenvalue weighted by Gasteiger charge is -2.42. The van der Waals surface area contributed by atoms with E-state index in [4.69, 9.17) is 0 Å². The average molecular weight is 767 g/mol. The Balaban J connectivity index is 1.28. The summed E-state index contributed by atoms with van der Waals surface area (Å²) in [4.78, 5) is 31.6. The van der Waals surface area contributed by atoms with Crippen molar-refractivity contribution >= 4 is 35.1 Å². The number of nitrogens with zero attached hydrogens (tertiary/aromatic N) is 2. The maximum Gasteiger partial charge on any atom is 0.175 e. The summed E-state index contributed by atoms with van der Waals surface area (Å²) in [7, 11) is 0. The van der Waals surface area contributed by atoms with E-state index >= 15 is 0 Å². The number of thioether (sulfide) groups is 2. The molecule has 2 aliphatic carbocycles.